The number of hydrogen-bond acceptors (Lipinski definition) is 4. The summed E-state index contributed by atoms with van der Waals surface area (Å²) < 4.78 is 12.3. The van der Waals surface area contributed by atoms with Gasteiger partial charge in [-0.1, -0.05) is 13.8 Å². The largest absolute Gasteiger partial charge is 0.493 e. The SMILES string of the molecule is COc1cc(C=O)c(-c2cn(C)nc2C(C)C)cc1OC. The molecule has 0 bridgehead atoms. The molecule has 1 aromatic heterocycles. The zero-order chi connectivity index (χ0) is 15.6. The number of aryl methyl sites for hydroxylation is 1. The van der Waals surface area contributed by atoms with Crippen LogP contribution in [0.25, 0.3) is 11.1 Å². The van der Waals surface area contributed by atoms with Crippen molar-refractivity contribution in [3.05, 3.63) is 29.6 Å². The molecule has 2 rings (SSSR count). The minimum absolute atomic E-state index is 0.258. The van der Waals surface area contributed by atoms with E-state index >= 15 is 0 Å². The van der Waals surface area contributed by atoms with Gasteiger partial charge in [0.2, 0.25) is 0 Å². The van der Waals surface area contributed by atoms with Gasteiger partial charge in [0.05, 0.1) is 19.9 Å². The predicted octanol–water partition coefficient (Wildman–Crippen LogP) is 3.04. The summed E-state index contributed by atoms with van der Waals surface area (Å²) in [6.45, 7) is 4.15. The Balaban J connectivity index is 2.70. The van der Waals surface area contributed by atoms with Crippen LogP contribution >= 0.6 is 0 Å². The van der Waals surface area contributed by atoms with Crippen molar-refractivity contribution in [3.63, 3.8) is 0 Å². The van der Waals surface area contributed by atoms with Crippen LogP contribution in [0.3, 0.4) is 0 Å². The second-order valence-electron chi connectivity index (χ2n) is 5.17. The summed E-state index contributed by atoms with van der Waals surface area (Å²) in [6, 6.07) is 3.52. The van der Waals surface area contributed by atoms with Crippen molar-refractivity contribution >= 4 is 6.29 Å². The van der Waals surface area contributed by atoms with Crippen LogP contribution in [0.4, 0.5) is 0 Å². The summed E-state index contributed by atoms with van der Waals surface area (Å²) in [5.41, 5.74) is 3.25. The Hall–Kier alpha value is -2.30. The van der Waals surface area contributed by atoms with Crippen LogP contribution in [-0.4, -0.2) is 30.3 Å². The van der Waals surface area contributed by atoms with Crippen molar-refractivity contribution < 1.29 is 14.3 Å². The summed E-state index contributed by atoms with van der Waals surface area (Å²) >= 11 is 0. The molecule has 0 radical (unpaired) electrons. The Morgan fingerprint density at radius 3 is 2.29 bits per heavy atom. The van der Waals surface area contributed by atoms with Crippen LogP contribution in [-0.2, 0) is 7.05 Å². The zero-order valence-electron chi connectivity index (χ0n) is 13.0. The molecule has 0 aliphatic rings. The molecule has 0 fully saturated rings. The summed E-state index contributed by atoms with van der Waals surface area (Å²) in [5, 5.41) is 4.49. The van der Waals surface area contributed by atoms with Gasteiger partial charge in [0.25, 0.3) is 0 Å². The summed E-state index contributed by atoms with van der Waals surface area (Å²) in [6.07, 6.45) is 2.75. The van der Waals surface area contributed by atoms with Crippen molar-refractivity contribution in [2.45, 2.75) is 19.8 Å². The molecule has 1 aromatic carbocycles. The Morgan fingerprint density at radius 2 is 1.76 bits per heavy atom. The molecular formula is C16H20N2O3. The second kappa shape index (κ2) is 5.99. The molecule has 2 aromatic rings. The number of aromatic nitrogens is 2. The highest BCUT2D eigenvalue weighted by Gasteiger charge is 2.18. The zero-order valence-corrected chi connectivity index (χ0v) is 13.0. The normalized spacial score (nSPS) is 10.8. The Kier molecular flexibility index (Phi) is 4.31. The van der Waals surface area contributed by atoms with Gasteiger partial charge in [-0.2, -0.15) is 5.10 Å². The molecule has 0 unspecified atom stereocenters. The van der Waals surface area contributed by atoms with E-state index in [9.17, 15) is 4.79 Å². The van der Waals surface area contributed by atoms with Crippen LogP contribution < -0.4 is 9.47 Å². The number of nitrogens with zero attached hydrogens (tertiary/aromatic N) is 2. The van der Waals surface area contributed by atoms with Gasteiger partial charge in [-0.25, -0.2) is 0 Å². The van der Waals surface area contributed by atoms with Gasteiger partial charge in [-0.05, 0) is 23.6 Å². The van der Waals surface area contributed by atoms with Gasteiger partial charge in [-0.15, -0.1) is 0 Å². The fourth-order valence-corrected chi connectivity index (χ4v) is 2.37. The van der Waals surface area contributed by atoms with Gasteiger partial charge < -0.3 is 9.47 Å². The van der Waals surface area contributed by atoms with E-state index in [0.717, 1.165) is 23.1 Å². The first kappa shape index (κ1) is 15.1. The van der Waals surface area contributed by atoms with E-state index in [2.05, 4.69) is 18.9 Å². The number of benzene rings is 1. The number of carbonyl (C=O) groups excluding carboxylic acids is 1. The summed E-state index contributed by atoms with van der Waals surface area (Å²) in [4.78, 5) is 11.4. The lowest BCUT2D eigenvalue weighted by atomic mass is 9.96. The lowest BCUT2D eigenvalue weighted by molar-refractivity contribution is 0.112. The maximum Gasteiger partial charge on any atom is 0.161 e. The fraction of sp³-hybridized carbons (Fsp3) is 0.375. The first-order valence-corrected chi connectivity index (χ1v) is 6.76. The second-order valence-corrected chi connectivity index (χ2v) is 5.17. The molecule has 0 aliphatic carbocycles. The molecule has 0 spiro atoms. The molecule has 0 atom stereocenters. The van der Waals surface area contributed by atoms with Crippen LogP contribution in [0.1, 0.15) is 35.8 Å². The van der Waals surface area contributed by atoms with Gasteiger partial charge in [-0.3, -0.25) is 9.48 Å². The van der Waals surface area contributed by atoms with Gasteiger partial charge in [0.1, 0.15) is 0 Å². The number of aldehydes is 1. The van der Waals surface area contributed by atoms with Crippen LogP contribution in [0.5, 0.6) is 11.5 Å². The molecule has 0 N–H and O–H groups in total. The van der Waals surface area contributed by atoms with Gasteiger partial charge in [0, 0.05) is 24.4 Å². The monoisotopic (exact) mass is 288 g/mol. The smallest absolute Gasteiger partial charge is 0.161 e. The molecule has 0 saturated carbocycles. The molecule has 5 nitrogen and oxygen atoms in total. The third-order valence-corrected chi connectivity index (χ3v) is 3.38. The third kappa shape index (κ3) is 2.77. The lowest BCUT2D eigenvalue weighted by Crippen LogP contribution is -1.97. The Bertz CT molecular complexity index is 660. The van der Waals surface area contributed by atoms with Crippen LogP contribution in [0, 0.1) is 0 Å². The highest BCUT2D eigenvalue weighted by Crippen LogP contribution is 2.37. The number of methoxy groups -OCH3 is 2. The van der Waals surface area contributed by atoms with E-state index in [1.807, 2.05) is 19.3 Å². The fourth-order valence-electron chi connectivity index (χ4n) is 2.37. The number of ether oxygens (including phenoxy) is 2. The van der Waals surface area contributed by atoms with Gasteiger partial charge in [0.15, 0.2) is 17.8 Å². The van der Waals surface area contributed by atoms with E-state index in [1.165, 1.54) is 0 Å². The van der Waals surface area contributed by atoms with Gasteiger partial charge >= 0.3 is 0 Å². The number of rotatable bonds is 5. The Labute approximate surface area is 124 Å². The lowest BCUT2D eigenvalue weighted by Gasteiger charge is -2.13. The molecule has 0 amide bonds. The minimum atomic E-state index is 0.258. The van der Waals surface area contributed by atoms with E-state index in [-0.39, 0.29) is 5.92 Å². The van der Waals surface area contributed by atoms with Crippen LogP contribution in [0.15, 0.2) is 18.3 Å². The topological polar surface area (TPSA) is 53.4 Å². The molecule has 5 heteroatoms. The van der Waals surface area contributed by atoms with Crippen molar-refractivity contribution in [3.8, 4) is 22.6 Å². The van der Waals surface area contributed by atoms with E-state index < -0.39 is 0 Å². The van der Waals surface area contributed by atoms with E-state index in [0.29, 0.717) is 17.1 Å². The molecule has 112 valence electrons. The third-order valence-electron chi connectivity index (χ3n) is 3.38. The number of hydrogen-bond donors (Lipinski definition) is 0. The molecule has 0 aliphatic heterocycles. The van der Waals surface area contributed by atoms with Crippen molar-refractivity contribution in [2.24, 2.45) is 7.05 Å². The Morgan fingerprint density at radius 1 is 1.14 bits per heavy atom. The first-order valence-electron chi connectivity index (χ1n) is 6.76. The molecule has 1 heterocycles. The average Bonchev–Trinajstić information content (AvgIpc) is 2.87. The highest BCUT2D eigenvalue weighted by molar-refractivity contribution is 5.90. The highest BCUT2D eigenvalue weighted by atomic mass is 16.5. The van der Waals surface area contributed by atoms with Crippen molar-refractivity contribution in [1.29, 1.82) is 0 Å². The molecular weight excluding hydrogens is 268 g/mol. The minimum Gasteiger partial charge on any atom is -0.493 e. The molecule has 21 heavy (non-hydrogen) atoms. The standard InChI is InChI=1S/C16H20N2O3/c1-10(2)16-13(8-18(3)17-16)12-7-15(21-5)14(20-4)6-11(12)9-19/h6-10H,1-5H3. The predicted molar refractivity (Wildman–Crippen MR) is 81.2 cm³/mol. The maximum atomic E-state index is 11.4. The molecule has 0 saturated heterocycles. The average molecular weight is 288 g/mol. The number of carbonyl (C=O) groups is 1. The summed E-state index contributed by atoms with van der Waals surface area (Å²) in [5.74, 6) is 1.39. The van der Waals surface area contributed by atoms with E-state index in [4.69, 9.17) is 9.47 Å². The van der Waals surface area contributed by atoms with Crippen molar-refractivity contribution in [1.82, 2.24) is 9.78 Å². The van der Waals surface area contributed by atoms with E-state index in [1.54, 1.807) is 25.0 Å². The van der Waals surface area contributed by atoms with Crippen LogP contribution in [0.2, 0.25) is 0 Å². The maximum absolute atomic E-state index is 11.4. The summed E-state index contributed by atoms with van der Waals surface area (Å²) in [7, 11) is 5.00. The van der Waals surface area contributed by atoms with Crippen molar-refractivity contribution in [2.75, 3.05) is 14.2 Å². The quantitative estimate of drug-likeness (QED) is 0.794. The first-order chi connectivity index (χ1) is 10.0.